The molecular weight excluding hydrogens is 430 g/mol. The number of carbonyl (C=O) groups is 2. The van der Waals surface area contributed by atoms with Gasteiger partial charge in [-0.15, -0.1) is 6.42 Å². The van der Waals surface area contributed by atoms with Gasteiger partial charge in [0.05, 0.1) is 5.69 Å². The van der Waals surface area contributed by atoms with E-state index in [1.165, 1.54) is 17.1 Å². The molecule has 1 aliphatic heterocycles. The van der Waals surface area contributed by atoms with Gasteiger partial charge in [0.2, 0.25) is 0 Å². The minimum Gasteiger partial charge on any atom is -0.269 e. The summed E-state index contributed by atoms with van der Waals surface area (Å²) in [4.78, 5) is 25.5. The highest BCUT2D eigenvalue weighted by molar-refractivity contribution is 6.28. The summed E-state index contributed by atoms with van der Waals surface area (Å²) in [6, 6.07) is 35.9. The molecule has 3 heteroatoms. The molecule has 0 radical (unpaired) electrons. The highest BCUT2D eigenvalue weighted by Crippen LogP contribution is 2.37. The fraction of sp³-hybridized carbons (Fsp3) is 0. The lowest BCUT2D eigenvalue weighted by molar-refractivity contribution is -0.119. The van der Waals surface area contributed by atoms with E-state index < -0.39 is 0 Å². The maximum absolute atomic E-state index is 12.2. The number of nitrogens with zero attached hydrogens (tertiary/aromatic N) is 1. The summed E-state index contributed by atoms with van der Waals surface area (Å²) < 4.78 is 0. The Bertz CT molecular complexity index is 1470. The molecular formula is C32H21NO2. The van der Waals surface area contributed by atoms with E-state index in [1.807, 2.05) is 84.9 Å². The molecule has 0 aliphatic carbocycles. The van der Waals surface area contributed by atoms with Crippen LogP contribution in [0.4, 0.5) is 5.69 Å². The third-order valence-corrected chi connectivity index (χ3v) is 5.94. The highest BCUT2D eigenvalue weighted by Gasteiger charge is 2.25. The molecule has 1 heterocycles. The smallest absolute Gasteiger partial charge is 0.258 e. The van der Waals surface area contributed by atoms with Crippen LogP contribution < -0.4 is 4.90 Å². The molecule has 35 heavy (non-hydrogen) atoms. The number of hydrogen-bond acceptors (Lipinski definition) is 2. The summed E-state index contributed by atoms with van der Waals surface area (Å²) in [6.45, 7) is 0. The van der Waals surface area contributed by atoms with E-state index in [1.54, 1.807) is 0 Å². The molecule has 4 aromatic carbocycles. The van der Waals surface area contributed by atoms with Gasteiger partial charge in [-0.2, -0.15) is 0 Å². The lowest BCUT2D eigenvalue weighted by atomic mass is 9.85. The van der Waals surface area contributed by atoms with Crippen LogP contribution in [0.5, 0.6) is 0 Å². The lowest BCUT2D eigenvalue weighted by Gasteiger charge is -2.19. The summed E-state index contributed by atoms with van der Waals surface area (Å²) in [5.41, 5.74) is 7.57. The van der Waals surface area contributed by atoms with Crippen LogP contribution in [0.15, 0.2) is 121 Å². The minimum atomic E-state index is -0.333. The van der Waals surface area contributed by atoms with Crippen molar-refractivity contribution in [2.24, 2.45) is 0 Å². The van der Waals surface area contributed by atoms with E-state index in [-0.39, 0.29) is 11.8 Å². The number of amides is 2. The Hall–Kier alpha value is -4.94. The number of imide groups is 1. The maximum Gasteiger partial charge on any atom is 0.258 e. The zero-order chi connectivity index (χ0) is 24.2. The van der Waals surface area contributed by atoms with Crippen molar-refractivity contribution in [3.05, 3.63) is 149 Å². The van der Waals surface area contributed by atoms with Crippen LogP contribution in [0.25, 0.3) is 11.1 Å². The SMILES string of the molecule is C#Cc1ccc(/C(=C(\c2ccccc2)c2ccc(N3C(=O)C=CC3=O)cc2)c2ccccc2)cc1. The highest BCUT2D eigenvalue weighted by atomic mass is 16.2. The number of benzene rings is 4. The third-order valence-electron chi connectivity index (χ3n) is 5.94. The van der Waals surface area contributed by atoms with Gasteiger partial charge in [-0.1, -0.05) is 90.8 Å². The number of anilines is 1. The fourth-order valence-corrected chi connectivity index (χ4v) is 4.29. The predicted molar refractivity (Wildman–Crippen MR) is 140 cm³/mol. The molecule has 0 bridgehead atoms. The molecule has 0 atom stereocenters. The van der Waals surface area contributed by atoms with E-state index in [0.717, 1.165) is 39.0 Å². The third kappa shape index (κ3) is 4.34. The number of rotatable bonds is 5. The second kappa shape index (κ2) is 9.51. The molecule has 0 unspecified atom stereocenters. The lowest BCUT2D eigenvalue weighted by Crippen LogP contribution is -2.29. The topological polar surface area (TPSA) is 37.4 Å². The molecule has 0 aromatic heterocycles. The van der Waals surface area contributed by atoms with Crippen LogP contribution >= 0.6 is 0 Å². The van der Waals surface area contributed by atoms with Crippen LogP contribution in [-0.4, -0.2) is 11.8 Å². The van der Waals surface area contributed by atoms with Crippen LogP contribution in [-0.2, 0) is 9.59 Å². The molecule has 3 nitrogen and oxygen atoms in total. The van der Waals surface area contributed by atoms with Gasteiger partial charge in [0.15, 0.2) is 0 Å². The Kier molecular flexibility index (Phi) is 5.94. The van der Waals surface area contributed by atoms with Gasteiger partial charge in [0.25, 0.3) is 11.8 Å². The van der Waals surface area contributed by atoms with E-state index in [0.29, 0.717) is 5.69 Å². The largest absolute Gasteiger partial charge is 0.269 e. The second-order valence-corrected chi connectivity index (χ2v) is 8.10. The predicted octanol–water partition coefficient (Wildman–Crippen LogP) is 6.10. The zero-order valence-electron chi connectivity index (χ0n) is 18.9. The van der Waals surface area contributed by atoms with Gasteiger partial charge in [-0.3, -0.25) is 9.59 Å². The Morgan fingerprint density at radius 2 is 0.943 bits per heavy atom. The first-order valence-electron chi connectivity index (χ1n) is 11.2. The van der Waals surface area contributed by atoms with Gasteiger partial charge in [-0.05, 0) is 57.7 Å². The van der Waals surface area contributed by atoms with Crippen molar-refractivity contribution >= 4 is 28.6 Å². The molecule has 0 fully saturated rings. The van der Waals surface area contributed by atoms with Gasteiger partial charge in [0, 0.05) is 17.7 Å². The van der Waals surface area contributed by atoms with Crippen molar-refractivity contribution < 1.29 is 9.59 Å². The monoisotopic (exact) mass is 451 g/mol. The Morgan fingerprint density at radius 3 is 1.37 bits per heavy atom. The van der Waals surface area contributed by atoms with Gasteiger partial charge >= 0.3 is 0 Å². The molecule has 5 rings (SSSR count). The summed E-state index contributed by atoms with van der Waals surface area (Å²) >= 11 is 0. The number of terminal acetylenes is 1. The van der Waals surface area contributed by atoms with Gasteiger partial charge < -0.3 is 0 Å². The molecule has 0 spiro atoms. The molecule has 4 aromatic rings. The first-order valence-corrected chi connectivity index (χ1v) is 11.2. The molecule has 1 aliphatic rings. The first-order chi connectivity index (χ1) is 17.2. The standard InChI is InChI=1S/C32H21NO2/c1-2-23-13-15-26(16-14-23)31(24-9-5-3-6-10-24)32(25-11-7-4-8-12-25)27-17-19-28(20-18-27)33-29(34)21-22-30(33)35/h1,3-22H/b32-31+. The normalized spacial score (nSPS) is 13.5. The number of hydrogen-bond donors (Lipinski definition) is 0. The maximum atomic E-state index is 12.2. The average Bonchev–Trinajstić information content (AvgIpc) is 3.26. The molecule has 0 N–H and O–H groups in total. The molecule has 0 saturated carbocycles. The zero-order valence-corrected chi connectivity index (χ0v) is 18.9. The van der Waals surface area contributed by atoms with Gasteiger partial charge in [-0.25, -0.2) is 4.90 Å². The van der Waals surface area contributed by atoms with Crippen molar-refractivity contribution in [1.82, 2.24) is 0 Å². The molecule has 2 amide bonds. The van der Waals surface area contributed by atoms with E-state index >= 15 is 0 Å². The summed E-state index contributed by atoms with van der Waals surface area (Å²) in [5.74, 6) is 2.02. The van der Waals surface area contributed by atoms with Crippen molar-refractivity contribution in [1.29, 1.82) is 0 Å². The second-order valence-electron chi connectivity index (χ2n) is 8.10. The molecule has 166 valence electrons. The minimum absolute atomic E-state index is 0.333. The van der Waals surface area contributed by atoms with E-state index in [4.69, 9.17) is 6.42 Å². The van der Waals surface area contributed by atoms with Crippen LogP contribution in [0.3, 0.4) is 0 Å². The van der Waals surface area contributed by atoms with E-state index in [2.05, 4.69) is 30.2 Å². The summed E-state index contributed by atoms with van der Waals surface area (Å²) in [7, 11) is 0. The van der Waals surface area contributed by atoms with Crippen molar-refractivity contribution in [2.45, 2.75) is 0 Å². The van der Waals surface area contributed by atoms with Crippen LogP contribution in [0.1, 0.15) is 27.8 Å². The van der Waals surface area contributed by atoms with Crippen LogP contribution in [0, 0.1) is 12.3 Å². The summed E-state index contributed by atoms with van der Waals surface area (Å²) in [6.07, 6.45) is 8.18. The average molecular weight is 452 g/mol. The van der Waals surface area contributed by atoms with E-state index in [9.17, 15) is 9.59 Å². The van der Waals surface area contributed by atoms with Crippen molar-refractivity contribution in [2.75, 3.05) is 4.90 Å². The first kappa shape index (κ1) is 21.9. The molecule has 0 saturated heterocycles. The Labute approximate surface area is 204 Å². The quantitative estimate of drug-likeness (QED) is 0.209. The number of carbonyl (C=O) groups excluding carboxylic acids is 2. The van der Waals surface area contributed by atoms with Gasteiger partial charge in [0.1, 0.15) is 0 Å². The fourth-order valence-electron chi connectivity index (χ4n) is 4.29. The Balaban J connectivity index is 1.74. The summed E-state index contributed by atoms with van der Waals surface area (Å²) in [5, 5.41) is 0. The van der Waals surface area contributed by atoms with Crippen molar-refractivity contribution in [3.8, 4) is 12.3 Å². The van der Waals surface area contributed by atoms with Crippen molar-refractivity contribution in [3.63, 3.8) is 0 Å². The Morgan fingerprint density at radius 1 is 0.543 bits per heavy atom. The van der Waals surface area contributed by atoms with Crippen LogP contribution in [0.2, 0.25) is 0 Å².